The van der Waals surface area contributed by atoms with Gasteiger partial charge in [0.15, 0.2) is 0 Å². The minimum absolute atomic E-state index is 0.0147. The first-order valence-electron chi connectivity index (χ1n) is 27.2. The van der Waals surface area contributed by atoms with Gasteiger partial charge < -0.3 is 58.6 Å². The van der Waals surface area contributed by atoms with Crippen molar-refractivity contribution >= 4 is 49.8 Å². The van der Waals surface area contributed by atoms with Gasteiger partial charge in [0.25, 0.3) is 0 Å². The Morgan fingerprint density at radius 1 is 0.700 bits per heavy atom. The summed E-state index contributed by atoms with van der Waals surface area (Å²) < 4.78 is 70.5. The van der Waals surface area contributed by atoms with E-state index in [1.165, 1.54) is 0 Å². The largest absolute Gasteiger partial charge is 0.460 e. The number of esters is 1. The Bertz CT molecular complexity index is 2510. The van der Waals surface area contributed by atoms with E-state index in [9.17, 15) is 28.4 Å². The summed E-state index contributed by atoms with van der Waals surface area (Å²) >= 11 is 1.15. The van der Waals surface area contributed by atoms with Crippen LogP contribution >= 0.6 is 11.8 Å². The number of benzene rings is 3. The molecule has 0 spiro atoms. The van der Waals surface area contributed by atoms with Crippen LogP contribution in [0.5, 0.6) is 0 Å². The third kappa shape index (κ3) is 26.6. The van der Waals surface area contributed by atoms with Crippen LogP contribution < -0.4 is 16.0 Å². The van der Waals surface area contributed by atoms with Crippen LogP contribution in [0.15, 0.2) is 91.1 Å². The molecule has 4 rings (SSSR count). The quantitative estimate of drug-likeness (QED) is 0.0171. The SMILES string of the molecule is CC(C)(C)OC(=O)CCOCCOCCOCCOCCNC(=O)C(CSCC(=O)N(CCCNC(=O)OCC[Si](C)(C)C)C(c1cc(-c2cc(F)ccc2F)cn1Cc1ccccc1)C(C)(C)C)NC(=O)OCc1ccccc1. The molecule has 0 aliphatic rings. The number of rotatable bonds is 35. The van der Waals surface area contributed by atoms with Crippen molar-refractivity contribution in [3.63, 3.8) is 0 Å². The van der Waals surface area contributed by atoms with E-state index in [4.69, 9.17) is 33.2 Å². The smallest absolute Gasteiger partial charge is 0.408 e. The Morgan fingerprint density at radius 3 is 1.93 bits per heavy atom. The molecule has 0 saturated heterocycles. The molecule has 0 bridgehead atoms. The monoisotopic (exact) mass is 1150 g/mol. The summed E-state index contributed by atoms with van der Waals surface area (Å²) in [5, 5.41) is 8.32. The maximum atomic E-state index is 15.5. The van der Waals surface area contributed by atoms with Gasteiger partial charge in [-0.15, -0.1) is 11.8 Å². The van der Waals surface area contributed by atoms with Gasteiger partial charge in [-0.3, -0.25) is 14.4 Å². The van der Waals surface area contributed by atoms with Gasteiger partial charge in [-0.1, -0.05) is 101 Å². The number of nitrogens with zero attached hydrogens (tertiary/aromatic N) is 2. The molecule has 0 aliphatic heterocycles. The molecule has 4 aromatic rings. The lowest BCUT2D eigenvalue weighted by atomic mass is 9.83. The number of nitrogens with one attached hydrogen (secondary N) is 3. The summed E-state index contributed by atoms with van der Waals surface area (Å²) in [6.07, 6.45) is 0.908. The summed E-state index contributed by atoms with van der Waals surface area (Å²) in [4.78, 5) is 68.2. The lowest BCUT2D eigenvalue weighted by Gasteiger charge is -2.41. The molecule has 1 heterocycles. The fourth-order valence-electron chi connectivity index (χ4n) is 8.07. The molecule has 21 heteroatoms. The molecule has 4 amide bonds. The Labute approximate surface area is 476 Å². The number of hydrogen-bond acceptors (Lipinski definition) is 13. The van der Waals surface area contributed by atoms with Crippen molar-refractivity contribution in [3.05, 3.63) is 120 Å². The third-order valence-electron chi connectivity index (χ3n) is 11.9. The maximum Gasteiger partial charge on any atom is 0.408 e. The van der Waals surface area contributed by atoms with Crippen LogP contribution in [0.3, 0.4) is 0 Å². The minimum Gasteiger partial charge on any atom is -0.460 e. The normalized spacial score (nSPS) is 12.5. The molecule has 0 radical (unpaired) electrons. The van der Waals surface area contributed by atoms with Gasteiger partial charge in [-0.25, -0.2) is 18.4 Å². The summed E-state index contributed by atoms with van der Waals surface area (Å²) in [5.41, 5.74) is 1.69. The highest BCUT2D eigenvalue weighted by Gasteiger charge is 2.37. The van der Waals surface area contributed by atoms with Crippen molar-refractivity contribution < 1.29 is 65.9 Å². The van der Waals surface area contributed by atoms with E-state index < -0.39 is 60.9 Å². The summed E-state index contributed by atoms with van der Waals surface area (Å²) in [5.74, 6) is -2.47. The van der Waals surface area contributed by atoms with Gasteiger partial charge in [0.2, 0.25) is 11.8 Å². The van der Waals surface area contributed by atoms with Crippen LogP contribution in [0, 0.1) is 17.0 Å². The number of hydrogen-bond donors (Lipinski definition) is 3. The van der Waals surface area contributed by atoms with E-state index in [-0.39, 0.29) is 88.0 Å². The number of ether oxygens (including phenoxy) is 7. The Hall–Kier alpha value is -5.84. The van der Waals surface area contributed by atoms with Crippen molar-refractivity contribution in [1.29, 1.82) is 0 Å². The molecule has 2 unspecified atom stereocenters. The standard InChI is InChI=1S/C59H85F2N5O12SSi/c1-58(2,3)54(51-37-46(48-38-47(60)21-22-49(48)61)40-65(51)39-44-17-12-10-13-18-44)66(26-16-24-63-56(70)76-35-36-80(7,8)9)52(67)43-79-42-50(64-57(71)77-41-45-19-14-11-15-20-45)55(69)62-25-28-73-30-32-75-34-33-74-31-29-72-27-23-53(68)78-59(4,5)6/h10-15,17-22,37-38,40,50,54H,16,23-36,39,41-43H2,1-9H3,(H,62,69)(H,63,70)(H,64,71). The van der Waals surface area contributed by atoms with Crippen LogP contribution in [0.4, 0.5) is 18.4 Å². The Balaban J connectivity index is 1.43. The number of carbonyl (C=O) groups excluding carboxylic acids is 5. The molecular formula is C59H85F2N5O12SSi. The summed E-state index contributed by atoms with van der Waals surface area (Å²) in [6.45, 7) is 21.4. The molecule has 0 fully saturated rings. The minimum atomic E-state index is -1.45. The Morgan fingerprint density at radius 2 is 1.31 bits per heavy atom. The van der Waals surface area contributed by atoms with Crippen molar-refractivity contribution in [3.8, 4) is 11.1 Å². The first kappa shape index (κ1) is 66.7. The highest BCUT2D eigenvalue weighted by atomic mass is 32.2. The number of aromatic nitrogens is 1. The van der Waals surface area contributed by atoms with Crippen LogP contribution in [0.1, 0.15) is 77.2 Å². The van der Waals surface area contributed by atoms with Crippen LogP contribution in [0.2, 0.25) is 25.7 Å². The molecule has 1 aromatic heterocycles. The third-order valence-corrected chi connectivity index (χ3v) is 14.6. The number of halogens is 2. The average Bonchev–Trinajstić information content (AvgIpc) is 3.79. The summed E-state index contributed by atoms with van der Waals surface area (Å²) in [6, 6.07) is 22.9. The lowest BCUT2D eigenvalue weighted by Crippen LogP contribution is -2.49. The molecule has 2 atom stereocenters. The van der Waals surface area contributed by atoms with Crippen molar-refractivity contribution in [2.45, 2.75) is 111 Å². The van der Waals surface area contributed by atoms with E-state index >= 15 is 4.39 Å². The zero-order chi connectivity index (χ0) is 58.6. The van der Waals surface area contributed by atoms with E-state index in [0.29, 0.717) is 57.3 Å². The van der Waals surface area contributed by atoms with E-state index in [1.807, 2.05) is 94.6 Å². The topological polar surface area (TPSA) is 194 Å². The predicted molar refractivity (Wildman–Crippen MR) is 309 cm³/mol. The first-order chi connectivity index (χ1) is 38.0. The van der Waals surface area contributed by atoms with Crippen molar-refractivity contribution in [1.82, 2.24) is 25.4 Å². The lowest BCUT2D eigenvalue weighted by molar-refractivity contribution is -0.156. The molecule has 3 N–H and O–H groups in total. The first-order valence-corrected chi connectivity index (χ1v) is 32.1. The number of carbonyl (C=O) groups is 5. The molecule has 17 nitrogen and oxygen atoms in total. The predicted octanol–water partition coefficient (Wildman–Crippen LogP) is 9.79. The molecule has 3 aromatic carbocycles. The molecule has 442 valence electrons. The Kier molecular flexibility index (Phi) is 28.7. The number of alkyl carbamates (subject to hydrolysis) is 2. The molecular weight excluding hydrogens is 1070 g/mol. The highest BCUT2D eigenvalue weighted by molar-refractivity contribution is 8.00. The van der Waals surface area contributed by atoms with Gasteiger partial charge in [0.1, 0.15) is 29.9 Å². The zero-order valence-electron chi connectivity index (χ0n) is 48.2. The molecule has 0 saturated carbocycles. The van der Waals surface area contributed by atoms with Gasteiger partial charge in [0.05, 0.1) is 77.7 Å². The van der Waals surface area contributed by atoms with Gasteiger partial charge in [-0.2, -0.15) is 0 Å². The van der Waals surface area contributed by atoms with Crippen LogP contribution in [0.25, 0.3) is 11.1 Å². The second-order valence-corrected chi connectivity index (χ2v) is 29.0. The maximum absolute atomic E-state index is 15.5. The second-order valence-electron chi connectivity index (χ2n) is 22.3. The van der Waals surface area contributed by atoms with E-state index in [2.05, 4.69) is 35.6 Å². The molecule has 80 heavy (non-hydrogen) atoms. The number of amides is 4. The van der Waals surface area contributed by atoms with Gasteiger partial charge in [-0.05, 0) is 74.0 Å². The van der Waals surface area contributed by atoms with Gasteiger partial charge in [0, 0.05) is 63.0 Å². The number of thioether (sulfide) groups is 1. The molecule has 0 aliphatic carbocycles. The fourth-order valence-corrected chi connectivity index (χ4v) is 9.71. The highest BCUT2D eigenvalue weighted by Crippen LogP contribution is 2.41. The fraction of sp³-hybridized carbons (Fsp3) is 0.542. The van der Waals surface area contributed by atoms with Crippen molar-refractivity contribution in [2.24, 2.45) is 5.41 Å². The van der Waals surface area contributed by atoms with Crippen LogP contribution in [-0.4, -0.2) is 150 Å². The zero-order valence-corrected chi connectivity index (χ0v) is 50.0. The summed E-state index contributed by atoms with van der Waals surface area (Å²) in [7, 11) is -1.45. The van der Waals surface area contributed by atoms with Gasteiger partial charge >= 0.3 is 18.2 Å². The average molecular weight is 1150 g/mol. The second kappa shape index (κ2) is 34.4. The van der Waals surface area contributed by atoms with E-state index in [1.54, 1.807) is 29.3 Å². The van der Waals surface area contributed by atoms with Crippen LogP contribution in [-0.2, 0) is 60.7 Å². The van der Waals surface area contributed by atoms with Crippen molar-refractivity contribution in [2.75, 3.05) is 90.6 Å². The van der Waals surface area contributed by atoms with E-state index in [0.717, 1.165) is 47.1 Å².